The van der Waals surface area contributed by atoms with Crippen molar-refractivity contribution in [3.63, 3.8) is 0 Å². The predicted molar refractivity (Wildman–Crippen MR) is 56.4 cm³/mol. The topological polar surface area (TPSA) is 50.1 Å². The number of aryl methyl sites for hydroxylation is 1. The molecule has 0 aliphatic heterocycles. The number of alkyl halides is 3. The molecule has 0 radical (unpaired) electrons. The minimum atomic E-state index is -4.41. The number of aliphatic hydroxyl groups excluding tert-OH is 1. The summed E-state index contributed by atoms with van der Waals surface area (Å²) in [6, 6.07) is 0.940. The summed E-state index contributed by atoms with van der Waals surface area (Å²) < 4.78 is 38.1. The monoisotopic (exact) mass is 251 g/mol. The number of nitrogens with zero attached hydrogens (tertiary/aromatic N) is 2. The molecule has 0 aliphatic carbocycles. The van der Waals surface area contributed by atoms with Gasteiger partial charge in [-0.15, -0.1) is 0 Å². The Kier molecular flexibility index (Phi) is 4.16. The molecular formula is C10H16F3N3O. The number of nitrogens with one attached hydrogen (secondary N) is 1. The van der Waals surface area contributed by atoms with Crippen LogP contribution in [0.3, 0.4) is 0 Å². The van der Waals surface area contributed by atoms with E-state index in [0.29, 0.717) is 13.0 Å². The first-order valence-corrected chi connectivity index (χ1v) is 5.21. The molecular weight excluding hydrogens is 235 g/mol. The molecule has 2 N–H and O–H groups in total. The van der Waals surface area contributed by atoms with E-state index in [1.807, 2.05) is 0 Å². The summed E-state index contributed by atoms with van der Waals surface area (Å²) >= 11 is 0. The SMILES string of the molecule is CNC(C)(CO)CCn1ccc(C(F)(F)F)n1. The first-order valence-electron chi connectivity index (χ1n) is 5.21. The Morgan fingerprint density at radius 3 is 2.53 bits per heavy atom. The molecule has 0 aliphatic rings. The fourth-order valence-corrected chi connectivity index (χ4v) is 1.28. The molecule has 0 aromatic carbocycles. The number of aliphatic hydroxyl groups is 1. The molecule has 0 saturated heterocycles. The van der Waals surface area contributed by atoms with Crippen molar-refractivity contribution >= 4 is 0 Å². The van der Waals surface area contributed by atoms with Gasteiger partial charge in [0, 0.05) is 18.3 Å². The third kappa shape index (κ3) is 3.71. The van der Waals surface area contributed by atoms with Crippen molar-refractivity contribution in [1.82, 2.24) is 15.1 Å². The molecule has 0 amide bonds. The zero-order valence-corrected chi connectivity index (χ0v) is 9.75. The zero-order valence-electron chi connectivity index (χ0n) is 9.75. The molecule has 0 fully saturated rings. The van der Waals surface area contributed by atoms with Crippen LogP contribution in [0.1, 0.15) is 19.0 Å². The highest BCUT2D eigenvalue weighted by Crippen LogP contribution is 2.27. The predicted octanol–water partition coefficient (Wildman–Crippen LogP) is 1.26. The maximum absolute atomic E-state index is 12.3. The molecule has 1 aromatic heterocycles. The van der Waals surface area contributed by atoms with Crippen molar-refractivity contribution < 1.29 is 18.3 Å². The largest absolute Gasteiger partial charge is 0.435 e. The van der Waals surface area contributed by atoms with Gasteiger partial charge in [0.05, 0.1) is 6.61 Å². The van der Waals surface area contributed by atoms with Crippen LogP contribution < -0.4 is 5.32 Å². The van der Waals surface area contributed by atoms with Crippen molar-refractivity contribution in [3.8, 4) is 0 Å². The van der Waals surface area contributed by atoms with Gasteiger partial charge < -0.3 is 10.4 Å². The standard InChI is InChI=1S/C10H16F3N3O/c1-9(7-17,14-2)4-6-16-5-3-8(15-16)10(11,12)13/h3,5,14,17H,4,6-7H2,1-2H3. The van der Waals surface area contributed by atoms with Crippen molar-refractivity contribution in [2.75, 3.05) is 13.7 Å². The van der Waals surface area contributed by atoms with Gasteiger partial charge in [-0.3, -0.25) is 4.68 Å². The van der Waals surface area contributed by atoms with Gasteiger partial charge in [0.15, 0.2) is 5.69 Å². The summed E-state index contributed by atoms with van der Waals surface area (Å²) in [6.45, 7) is 2.02. The third-order valence-corrected chi connectivity index (χ3v) is 2.78. The van der Waals surface area contributed by atoms with Crippen molar-refractivity contribution in [2.24, 2.45) is 0 Å². The fraction of sp³-hybridized carbons (Fsp3) is 0.700. The Balaban J connectivity index is 2.62. The molecule has 1 heterocycles. The van der Waals surface area contributed by atoms with Crippen molar-refractivity contribution in [1.29, 1.82) is 0 Å². The number of rotatable bonds is 5. The molecule has 0 spiro atoms. The fourth-order valence-electron chi connectivity index (χ4n) is 1.28. The average Bonchev–Trinajstić information content (AvgIpc) is 2.74. The number of aromatic nitrogens is 2. The highest BCUT2D eigenvalue weighted by molar-refractivity contribution is 5.03. The van der Waals surface area contributed by atoms with E-state index >= 15 is 0 Å². The van der Waals surface area contributed by atoms with E-state index in [9.17, 15) is 13.2 Å². The first kappa shape index (κ1) is 14.0. The summed E-state index contributed by atoms with van der Waals surface area (Å²) in [6.07, 6.45) is -2.64. The summed E-state index contributed by atoms with van der Waals surface area (Å²) in [5.74, 6) is 0. The Morgan fingerprint density at radius 1 is 1.47 bits per heavy atom. The lowest BCUT2D eigenvalue weighted by molar-refractivity contribution is -0.141. The second kappa shape index (κ2) is 5.05. The second-order valence-electron chi connectivity index (χ2n) is 4.18. The van der Waals surface area contributed by atoms with Crippen LogP contribution in [0.4, 0.5) is 13.2 Å². The molecule has 4 nitrogen and oxygen atoms in total. The molecule has 1 unspecified atom stereocenters. The lowest BCUT2D eigenvalue weighted by Crippen LogP contribution is -2.44. The summed E-state index contributed by atoms with van der Waals surface area (Å²) in [5, 5.41) is 15.5. The van der Waals surface area contributed by atoms with Gasteiger partial charge in [0.25, 0.3) is 0 Å². The molecule has 1 atom stereocenters. The number of likely N-dealkylation sites (N-methyl/N-ethyl adjacent to an activating group) is 1. The minimum absolute atomic E-state index is 0.0864. The summed E-state index contributed by atoms with van der Waals surface area (Å²) in [5.41, 5.74) is -1.41. The normalized spacial score (nSPS) is 15.9. The molecule has 98 valence electrons. The van der Waals surface area contributed by atoms with Crippen LogP contribution in [0.5, 0.6) is 0 Å². The van der Waals surface area contributed by atoms with Gasteiger partial charge in [-0.2, -0.15) is 18.3 Å². The third-order valence-electron chi connectivity index (χ3n) is 2.78. The quantitative estimate of drug-likeness (QED) is 0.828. The van der Waals surface area contributed by atoms with E-state index < -0.39 is 17.4 Å². The van der Waals surface area contributed by atoms with Gasteiger partial charge in [-0.25, -0.2) is 0 Å². The van der Waals surface area contributed by atoms with Crippen LogP contribution in [0.2, 0.25) is 0 Å². The highest BCUT2D eigenvalue weighted by Gasteiger charge is 2.33. The van der Waals surface area contributed by atoms with Crippen LogP contribution in [0.15, 0.2) is 12.3 Å². The molecule has 0 bridgehead atoms. The van der Waals surface area contributed by atoms with Crippen LogP contribution >= 0.6 is 0 Å². The number of hydrogen-bond acceptors (Lipinski definition) is 3. The maximum Gasteiger partial charge on any atom is 0.435 e. The summed E-state index contributed by atoms with van der Waals surface area (Å²) in [4.78, 5) is 0. The Hall–Kier alpha value is -1.08. The van der Waals surface area contributed by atoms with E-state index in [4.69, 9.17) is 5.11 Å². The minimum Gasteiger partial charge on any atom is -0.394 e. The van der Waals surface area contributed by atoms with Gasteiger partial charge in [0.1, 0.15) is 0 Å². The van der Waals surface area contributed by atoms with Gasteiger partial charge >= 0.3 is 6.18 Å². The van der Waals surface area contributed by atoms with Gasteiger partial charge in [0.2, 0.25) is 0 Å². The van der Waals surface area contributed by atoms with E-state index in [0.717, 1.165) is 6.07 Å². The molecule has 1 aromatic rings. The van der Waals surface area contributed by atoms with E-state index in [1.165, 1.54) is 10.9 Å². The van der Waals surface area contributed by atoms with Crippen LogP contribution in [0.25, 0.3) is 0 Å². The molecule has 0 saturated carbocycles. The van der Waals surface area contributed by atoms with Crippen molar-refractivity contribution in [2.45, 2.75) is 31.6 Å². The lowest BCUT2D eigenvalue weighted by atomic mass is 10.00. The zero-order chi connectivity index (χ0) is 13.1. The Bertz CT molecular complexity index is 358. The Labute approximate surface area is 97.4 Å². The van der Waals surface area contributed by atoms with Crippen LogP contribution in [-0.4, -0.2) is 34.1 Å². The van der Waals surface area contributed by atoms with E-state index in [1.54, 1.807) is 14.0 Å². The maximum atomic E-state index is 12.3. The van der Waals surface area contributed by atoms with Gasteiger partial charge in [-0.1, -0.05) is 0 Å². The first-order chi connectivity index (χ1) is 7.80. The Morgan fingerprint density at radius 2 is 2.12 bits per heavy atom. The highest BCUT2D eigenvalue weighted by atomic mass is 19.4. The van der Waals surface area contributed by atoms with Gasteiger partial charge in [-0.05, 0) is 26.5 Å². The molecule has 7 heteroatoms. The average molecular weight is 251 g/mol. The summed E-state index contributed by atoms with van der Waals surface area (Å²) in [7, 11) is 1.69. The molecule has 1 rings (SSSR count). The van der Waals surface area contributed by atoms with Crippen molar-refractivity contribution in [3.05, 3.63) is 18.0 Å². The number of hydrogen-bond donors (Lipinski definition) is 2. The second-order valence-corrected chi connectivity index (χ2v) is 4.18. The smallest absolute Gasteiger partial charge is 0.394 e. The van der Waals surface area contributed by atoms with E-state index in [2.05, 4.69) is 10.4 Å². The molecule has 17 heavy (non-hydrogen) atoms. The number of halogens is 3. The van der Waals surface area contributed by atoms with Crippen LogP contribution in [-0.2, 0) is 12.7 Å². The lowest BCUT2D eigenvalue weighted by Gasteiger charge is -2.26. The van der Waals surface area contributed by atoms with E-state index in [-0.39, 0.29) is 6.61 Å². The van der Waals surface area contributed by atoms with Crippen LogP contribution in [0, 0.1) is 0 Å².